The van der Waals surface area contributed by atoms with Gasteiger partial charge in [0.2, 0.25) is 0 Å². The van der Waals surface area contributed by atoms with Crippen molar-refractivity contribution in [1.29, 1.82) is 0 Å². The minimum Gasteiger partial charge on any atom is -0.336 e. The molecule has 0 spiro atoms. The smallest absolute Gasteiger partial charge is 0.254 e. The molecule has 2 aromatic heterocycles. The van der Waals surface area contributed by atoms with Gasteiger partial charge in [-0.3, -0.25) is 14.1 Å². The maximum absolute atomic E-state index is 12.8. The molecule has 3 aromatic rings. The number of benzene rings is 1. The third-order valence-corrected chi connectivity index (χ3v) is 4.89. The molecule has 1 aliphatic rings. The van der Waals surface area contributed by atoms with Gasteiger partial charge in [0.25, 0.3) is 5.91 Å². The summed E-state index contributed by atoms with van der Waals surface area (Å²) in [5.74, 6) is 0.862. The number of pyridine rings is 1. The second-order valence-corrected chi connectivity index (χ2v) is 6.67. The van der Waals surface area contributed by atoms with E-state index in [4.69, 9.17) is 0 Å². The number of hydrogen-bond donors (Lipinski definition) is 0. The average molecular weight is 349 g/mol. The quantitative estimate of drug-likeness (QED) is 0.726. The van der Waals surface area contributed by atoms with E-state index in [1.54, 1.807) is 0 Å². The highest BCUT2D eigenvalue weighted by Gasteiger charge is 2.22. The number of nitrogens with zero attached hydrogens (tertiary/aromatic N) is 5. The molecule has 0 saturated carbocycles. The van der Waals surface area contributed by atoms with E-state index in [1.165, 1.54) is 0 Å². The summed E-state index contributed by atoms with van der Waals surface area (Å²) in [5.41, 5.74) is 2.37. The largest absolute Gasteiger partial charge is 0.336 e. The molecule has 26 heavy (non-hydrogen) atoms. The molecule has 0 atom stereocenters. The summed E-state index contributed by atoms with van der Waals surface area (Å²) >= 11 is 0. The molecule has 6 heteroatoms. The van der Waals surface area contributed by atoms with E-state index in [0.29, 0.717) is 11.2 Å². The molecule has 0 radical (unpaired) electrons. The molecule has 3 heterocycles. The molecular weight excluding hydrogens is 326 g/mol. The molecule has 0 bridgehead atoms. The first kappa shape index (κ1) is 16.7. The third kappa shape index (κ3) is 3.20. The van der Waals surface area contributed by atoms with Crippen molar-refractivity contribution in [3.63, 3.8) is 0 Å². The summed E-state index contributed by atoms with van der Waals surface area (Å²) in [6.45, 7) is 6.76. The maximum atomic E-state index is 12.8. The fourth-order valence-corrected chi connectivity index (χ4v) is 3.48. The standard InChI is InChI=1S/C20H23N5O/c1-2-9-23-11-13-24(14-12-23)20(26)17-8-10-25-18(15-17)21-22-19(25)16-6-4-3-5-7-16/h3-8,10,15H,2,9,11-14H2,1H3. The molecule has 0 unspecified atom stereocenters. The Morgan fingerprint density at radius 2 is 1.81 bits per heavy atom. The summed E-state index contributed by atoms with van der Waals surface area (Å²) in [5, 5.41) is 8.54. The van der Waals surface area contributed by atoms with Crippen molar-refractivity contribution in [2.75, 3.05) is 32.7 Å². The highest BCUT2D eigenvalue weighted by molar-refractivity contribution is 5.95. The number of aromatic nitrogens is 3. The van der Waals surface area contributed by atoms with Crippen molar-refractivity contribution in [1.82, 2.24) is 24.4 Å². The molecule has 1 amide bonds. The van der Waals surface area contributed by atoms with E-state index < -0.39 is 0 Å². The molecule has 0 aliphatic carbocycles. The lowest BCUT2D eigenvalue weighted by Gasteiger charge is -2.34. The van der Waals surface area contributed by atoms with Crippen molar-refractivity contribution in [2.45, 2.75) is 13.3 Å². The SMILES string of the molecule is CCCN1CCN(C(=O)c2ccn3c(-c4ccccc4)nnc3c2)CC1. The van der Waals surface area contributed by atoms with Crippen molar-refractivity contribution >= 4 is 11.6 Å². The number of rotatable bonds is 4. The van der Waals surface area contributed by atoms with Crippen molar-refractivity contribution < 1.29 is 4.79 Å². The van der Waals surface area contributed by atoms with Crippen LogP contribution in [0.25, 0.3) is 17.0 Å². The van der Waals surface area contributed by atoms with E-state index in [2.05, 4.69) is 22.0 Å². The lowest BCUT2D eigenvalue weighted by atomic mass is 10.2. The number of hydrogen-bond acceptors (Lipinski definition) is 4. The molecule has 0 N–H and O–H groups in total. The molecule has 1 saturated heterocycles. The molecular formula is C20H23N5O. The Hall–Kier alpha value is -2.73. The molecule has 1 aliphatic heterocycles. The summed E-state index contributed by atoms with van der Waals surface area (Å²) in [7, 11) is 0. The van der Waals surface area contributed by atoms with Gasteiger partial charge in [-0.25, -0.2) is 0 Å². The third-order valence-electron chi connectivity index (χ3n) is 4.89. The normalized spacial score (nSPS) is 15.5. The van der Waals surface area contributed by atoms with Gasteiger partial charge in [0.15, 0.2) is 11.5 Å². The van der Waals surface area contributed by atoms with Crippen LogP contribution in [0.2, 0.25) is 0 Å². The molecule has 6 nitrogen and oxygen atoms in total. The van der Waals surface area contributed by atoms with Gasteiger partial charge in [0.05, 0.1) is 0 Å². The predicted octanol–water partition coefficient (Wildman–Crippen LogP) is 2.56. The lowest BCUT2D eigenvalue weighted by Crippen LogP contribution is -2.48. The zero-order chi connectivity index (χ0) is 17.9. The van der Waals surface area contributed by atoms with E-state index in [1.807, 2.05) is 58.0 Å². The summed E-state index contributed by atoms with van der Waals surface area (Å²) in [4.78, 5) is 17.2. The Balaban J connectivity index is 1.54. The first-order valence-corrected chi connectivity index (χ1v) is 9.18. The van der Waals surface area contributed by atoms with E-state index in [0.717, 1.165) is 50.5 Å². The van der Waals surface area contributed by atoms with Crippen LogP contribution in [0, 0.1) is 0 Å². The number of carbonyl (C=O) groups excluding carboxylic acids is 1. The topological polar surface area (TPSA) is 53.7 Å². The Morgan fingerprint density at radius 1 is 1.04 bits per heavy atom. The van der Waals surface area contributed by atoms with Crippen molar-refractivity contribution in [2.24, 2.45) is 0 Å². The van der Waals surface area contributed by atoms with Crippen LogP contribution < -0.4 is 0 Å². The zero-order valence-corrected chi connectivity index (χ0v) is 15.0. The van der Waals surface area contributed by atoms with Crippen LogP contribution in [0.1, 0.15) is 23.7 Å². The van der Waals surface area contributed by atoms with Gasteiger partial charge >= 0.3 is 0 Å². The summed E-state index contributed by atoms with van der Waals surface area (Å²) in [6.07, 6.45) is 3.04. The molecule has 1 fully saturated rings. The van der Waals surface area contributed by atoms with Crippen LogP contribution in [-0.2, 0) is 0 Å². The highest BCUT2D eigenvalue weighted by Crippen LogP contribution is 2.19. The van der Waals surface area contributed by atoms with E-state index >= 15 is 0 Å². The molecule has 4 rings (SSSR count). The van der Waals surface area contributed by atoms with Crippen LogP contribution in [-0.4, -0.2) is 63.0 Å². The number of carbonyl (C=O) groups is 1. The predicted molar refractivity (Wildman–Crippen MR) is 101 cm³/mol. The van der Waals surface area contributed by atoms with Crippen molar-refractivity contribution in [3.05, 3.63) is 54.2 Å². The zero-order valence-electron chi connectivity index (χ0n) is 15.0. The van der Waals surface area contributed by atoms with E-state index in [-0.39, 0.29) is 5.91 Å². The summed E-state index contributed by atoms with van der Waals surface area (Å²) < 4.78 is 1.92. The minimum atomic E-state index is 0.0768. The molecule has 1 aromatic carbocycles. The maximum Gasteiger partial charge on any atom is 0.254 e. The fraction of sp³-hybridized carbons (Fsp3) is 0.350. The second kappa shape index (κ2) is 7.25. The average Bonchev–Trinajstić information content (AvgIpc) is 3.12. The van der Waals surface area contributed by atoms with Crippen LogP contribution in [0.4, 0.5) is 0 Å². The Labute approximate surface area is 153 Å². The second-order valence-electron chi connectivity index (χ2n) is 6.67. The van der Waals surface area contributed by atoms with Crippen LogP contribution in [0.5, 0.6) is 0 Å². The first-order valence-electron chi connectivity index (χ1n) is 9.18. The van der Waals surface area contributed by atoms with Gasteiger partial charge in [-0.1, -0.05) is 37.3 Å². The van der Waals surface area contributed by atoms with Gasteiger partial charge in [-0.05, 0) is 25.1 Å². The van der Waals surface area contributed by atoms with Gasteiger partial charge in [-0.2, -0.15) is 0 Å². The van der Waals surface area contributed by atoms with Gasteiger partial charge in [-0.15, -0.1) is 10.2 Å². The highest BCUT2D eigenvalue weighted by atomic mass is 16.2. The molecule has 134 valence electrons. The van der Waals surface area contributed by atoms with Crippen LogP contribution in [0.3, 0.4) is 0 Å². The summed E-state index contributed by atoms with van der Waals surface area (Å²) in [6, 6.07) is 13.6. The first-order chi connectivity index (χ1) is 12.8. The number of piperazine rings is 1. The lowest BCUT2D eigenvalue weighted by molar-refractivity contribution is 0.0637. The van der Waals surface area contributed by atoms with E-state index in [9.17, 15) is 4.79 Å². The number of amides is 1. The van der Waals surface area contributed by atoms with Gasteiger partial charge in [0, 0.05) is 43.5 Å². The monoisotopic (exact) mass is 349 g/mol. The van der Waals surface area contributed by atoms with Crippen molar-refractivity contribution in [3.8, 4) is 11.4 Å². The Kier molecular flexibility index (Phi) is 4.67. The Bertz CT molecular complexity index is 897. The van der Waals surface area contributed by atoms with Gasteiger partial charge in [0.1, 0.15) is 0 Å². The minimum absolute atomic E-state index is 0.0768. The van der Waals surface area contributed by atoms with Crippen LogP contribution >= 0.6 is 0 Å². The number of fused-ring (bicyclic) bond motifs is 1. The van der Waals surface area contributed by atoms with Crippen LogP contribution in [0.15, 0.2) is 48.7 Å². The fourth-order valence-electron chi connectivity index (χ4n) is 3.48. The Morgan fingerprint density at radius 3 is 2.54 bits per heavy atom. The van der Waals surface area contributed by atoms with Gasteiger partial charge < -0.3 is 4.90 Å².